The highest BCUT2D eigenvalue weighted by atomic mass is 15.2. The Balaban J connectivity index is 1.66. The predicted molar refractivity (Wildman–Crippen MR) is 106 cm³/mol. The zero-order valence-corrected chi connectivity index (χ0v) is 15.7. The van der Waals surface area contributed by atoms with Crippen molar-refractivity contribution in [2.75, 3.05) is 18.0 Å². The molecule has 26 heavy (non-hydrogen) atoms. The molecule has 0 atom stereocenters. The second-order valence-corrected chi connectivity index (χ2v) is 7.27. The fraction of sp³-hybridized carbons (Fsp3) is 0.381. The van der Waals surface area contributed by atoms with Crippen LogP contribution in [0.25, 0.3) is 5.65 Å². The van der Waals surface area contributed by atoms with E-state index >= 15 is 0 Å². The lowest BCUT2D eigenvalue weighted by molar-refractivity contribution is 0.831. The van der Waals surface area contributed by atoms with E-state index in [2.05, 4.69) is 54.1 Å². The normalized spacial score (nSPS) is 15.0. The summed E-state index contributed by atoms with van der Waals surface area (Å²) in [5.41, 5.74) is 5.22. The van der Waals surface area contributed by atoms with E-state index in [1.807, 2.05) is 28.8 Å². The van der Waals surface area contributed by atoms with Crippen LogP contribution >= 0.6 is 0 Å². The lowest BCUT2D eigenvalue weighted by Gasteiger charge is -2.17. The molecule has 0 saturated carbocycles. The minimum absolute atomic E-state index is 0.292. The van der Waals surface area contributed by atoms with Crippen molar-refractivity contribution in [2.45, 2.75) is 39.5 Å². The Bertz CT molecular complexity index is 931. The van der Waals surface area contributed by atoms with Crippen LogP contribution in [0.1, 0.15) is 43.9 Å². The van der Waals surface area contributed by atoms with Crippen LogP contribution in [0.3, 0.4) is 0 Å². The van der Waals surface area contributed by atoms with E-state index in [1.165, 1.54) is 18.5 Å². The summed E-state index contributed by atoms with van der Waals surface area (Å²) in [5.74, 6) is 1.11. The monoisotopic (exact) mass is 347 g/mol. The predicted octanol–water partition coefficient (Wildman–Crippen LogP) is 5.78. The highest BCUT2D eigenvalue weighted by molar-refractivity contribution is 5.58. The zero-order valence-electron chi connectivity index (χ0n) is 15.7. The van der Waals surface area contributed by atoms with Crippen LogP contribution in [-0.2, 0) is 0 Å². The summed E-state index contributed by atoms with van der Waals surface area (Å²) in [7, 11) is 0. The molecular formula is C21H25N5. The number of benzene rings is 1. The van der Waals surface area contributed by atoms with Gasteiger partial charge in [0.05, 0.1) is 11.4 Å². The number of nitrogens with zero attached hydrogens (tertiary/aromatic N) is 5. The Kier molecular flexibility index (Phi) is 4.45. The molecule has 134 valence electrons. The molecule has 0 spiro atoms. The van der Waals surface area contributed by atoms with Crippen molar-refractivity contribution in [1.29, 1.82) is 0 Å². The average Bonchev–Trinajstić information content (AvgIpc) is 3.29. The first-order valence-electron chi connectivity index (χ1n) is 9.38. The van der Waals surface area contributed by atoms with Crippen LogP contribution in [0.4, 0.5) is 17.2 Å². The van der Waals surface area contributed by atoms with Crippen molar-refractivity contribution < 1.29 is 0 Å². The van der Waals surface area contributed by atoms with Gasteiger partial charge in [0.1, 0.15) is 5.65 Å². The molecule has 1 aliphatic heterocycles. The summed E-state index contributed by atoms with van der Waals surface area (Å²) in [6.45, 7) is 8.66. The molecule has 0 unspecified atom stereocenters. The first kappa shape index (κ1) is 16.8. The van der Waals surface area contributed by atoms with E-state index in [0.29, 0.717) is 5.92 Å². The standard InChI is InChI=1S/C21H25N5/c1-15(2)19-21(26-14-6-7-16(3)20(26)22-19)24-23-17-8-10-18(11-9-17)25-12-4-5-13-25/h6-11,14-15H,4-5,12-13H2,1-3H3. The molecule has 2 aromatic heterocycles. The number of hydrogen-bond donors (Lipinski definition) is 0. The van der Waals surface area contributed by atoms with Gasteiger partial charge in [-0.05, 0) is 61.6 Å². The minimum atomic E-state index is 0.292. The van der Waals surface area contributed by atoms with Crippen LogP contribution in [0.5, 0.6) is 0 Å². The molecular weight excluding hydrogens is 322 g/mol. The van der Waals surface area contributed by atoms with Crippen LogP contribution in [0, 0.1) is 6.92 Å². The van der Waals surface area contributed by atoms with Gasteiger partial charge in [-0.2, -0.15) is 0 Å². The summed E-state index contributed by atoms with van der Waals surface area (Å²) < 4.78 is 2.03. The van der Waals surface area contributed by atoms with E-state index in [1.54, 1.807) is 0 Å². The molecule has 5 heteroatoms. The van der Waals surface area contributed by atoms with Crippen molar-refractivity contribution in [3.05, 3.63) is 53.9 Å². The summed E-state index contributed by atoms with van der Waals surface area (Å²) >= 11 is 0. The van der Waals surface area contributed by atoms with Gasteiger partial charge in [0.15, 0.2) is 5.82 Å². The highest BCUT2D eigenvalue weighted by Crippen LogP contribution is 2.31. The summed E-state index contributed by atoms with van der Waals surface area (Å²) in [6.07, 6.45) is 4.58. The molecule has 1 aliphatic rings. The second kappa shape index (κ2) is 6.90. The first-order valence-corrected chi connectivity index (χ1v) is 9.38. The van der Waals surface area contributed by atoms with Gasteiger partial charge in [-0.1, -0.05) is 19.9 Å². The second-order valence-electron chi connectivity index (χ2n) is 7.27. The third kappa shape index (κ3) is 3.09. The molecule has 4 rings (SSSR count). The van der Waals surface area contributed by atoms with Gasteiger partial charge in [-0.3, -0.25) is 4.40 Å². The number of azo groups is 1. The molecule has 1 aromatic carbocycles. The van der Waals surface area contributed by atoms with E-state index < -0.39 is 0 Å². The van der Waals surface area contributed by atoms with Gasteiger partial charge in [-0.15, -0.1) is 10.2 Å². The minimum Gasteiger partial charge on any atom is -0.372 e. The summed E-state index contributed by atoms with van der Waals surface area (Å²) in [5, 5.41) is 9.05. The van der Waals surface area contributed by atoms with E-state index in [-0.39, 0.29) is 0 Å². The topological polar surface area (TPSA) is 45.3 Å². The summed E-state index contributed by atoms with van der Waals surface area (Å²) in [6, 6.07) is 12.5. The number of aryl methyl sites for hydroxylation is 1. The maximum atomic E-state index is 4.79. The molecule has 0 aliphatic carbocycles. The van der Waals surface area contributed by atoms with Gasteiger partial charge in [0.2, 0.25) is 0 Å². The largest absolute Gasteiger partial charge is 0.372 e. The van der Waals surface area contributed by atoms with Gasteiger partial charge >= 0.3 is 0 Å². The van der Waals surface area contributed by atoms with Gasteiger partial charge in [-0.25, -0.2) is 4.98 Å². The van der Waals surface area contributed by atoms with Crippen LogP contribution in [0.15, 0.2) is 52.8 Å². The molecule has 1 fully saturated rings. The van der Waals surface area contributed by atoms with Crippen LogP contribution in [0.2, 0.25) is 0 Å². The van der Waals surface area contributed by atoms with E-state index in [9.17, 15) is 0 Å². The maximum Gasteiger partial charge on any atom is 0.183 e. The number of rotatable bonds is 4. The Morgan fingerprint density at radius 3 is 2.42 bits per heavy atom. The quantitative estimate of drug-likeness (QED) is 0.561. The maximum absolute atomic E-state index is 4.79. The van der Waals surface area contributed by atoms with Gasteiger partial charge in [0, 0.05) is 25.0 Å². The Morgan fingerprint density at radius 1 is 1.00 bits per heavy atom. The number of hydrogen-bond acceptors (Lipinski definition) is 4. The number of imidazole rings is 1. The zero-order chi connectivity index (χ0) is 18.1. The van der Waals surface area contributed by atoms with Crippen LogP contribution in [-0.4, -0.2) is 22.5 Å². The van der Waals surface area contributed by atoms with E-state index in [0.717, 1.165) is 41.5 Å². The number of fused-ring (bicyclic) bond motifs is 1. The first-order chi connectivity index (χ1) is 12.6. The molecule has 0 radical (unpaired) electrons. The molecule has 0 amide bonds. The fourth-order valence-electron chi connectivity index (χ4n) is 3.51. The van der Waals surface area contributed by atoms with Crippen molar-refractivity contribution in [3.8, 4) is 0 Å². The molecule has 3 aromatic rings. The van der Waals surface area contributed by atoms with Crippen molar-refractivity contribution >= 4 is 22.8 Å². The van der Waals surface area contributed by atoms with Gasteiger partial charge in [0.25, 0.3) is 0 Å². The third-order valence-corrected chi connectivity index (χ3v) is 4.97. The molecule has 3 heterocycles. The Labute approximate surface area is 154 Å². The number of pyridine rings is 1. The Morgan fingerprint density at radius 2 is 1.73 bits per heavy atom. The molecule has 1 saturated heterocycles. The highest BCUT2D eigenvalue weighted by Gasteiger charge is 2.16. The van der Waals surface area contributed by atoms with Crippen molar-refractivity contribution in [2.24, 2.45) is 10.2 Å². The van der Waals surface area contributed by atoms with Crippen molar-refractivity contribution in [3.63, 3.8) is 0 Å². The Hall–Kier alpha value is -2.69. The van der Waals surface area contributed by atoms with Gasteiger partial charge < -0.3 is 4.90 Å². The third-order valence-electron chi connectivity index (χ3n) is 4.97. The van der Waals surface area contributed by atoms with E-state index in [4.69, 9.17) is 4.98 Å². The fourth-order valence-corrected chi connectivity index (χ4v) is 3.51. The van der Waals surface area contributed by atoms with Crippen LogP contribution < -0.4 is 4.90 Å². The molecule has 0 N–H and O–H groups in total. The lowest BCUT2D eigenvalue weighted by Crippen LogP contribution is -2.17. The SMILES string of the molecule is Cc1cccn2c(N=Nc3ccc(N4CCCC4)cc3)c(C(C)C)nc12. The number of anilines is 1. The lowest BCUT2D eigenvalue weighted by atomic mass is 10.1. The van der Waals surface area contributed by atoms with Crippen molar-refractivity contribution in [1.82, 2.24) is 9.38 Å². The average molecular weight is 347 g/mol. The smallest absolute Gasteiger partial charge is 0.183 e. The molecule has 0 bridgehead atoms. The number of aromatic nitrogens is 2. The summed E-state index contributed by atoms with van der Waals surface area (Å²) in [4.78, 5) is 7.21. The molecule has 5 nitrogen and oxygen atoms in total.